The lowest BCUT2D eigenvalue weighted by atomic mass is 9.96. The molecule has 3 atom stereocenters. The highest BCUT2D eigenvalue weighted by Gasteiger charge is 2.53. The van der Waals surface area contributed by atoms with Crippen molar-refractivity contribution in [2.24, 2.45) is 5.73 Å². The number of carbonyl (C=O) groups is 3. The van der Waals surface area contributed by atoms with E-state index in [1.165, 1.54) is 6.92 Å². The summed E-state index contributed by atoms with van der Waals surface area (Å²) in [4.78, 5) is 38.6. The quantitative estimate of drug-likeness (QED) is 0.375. The van der Waals surface area contributed by atoms with Crippen LogP contribution in [-0.4, -0.2) is 35.0 Å². The summed E-state index contributed by atoms with van der Waals surface area (Å²) >= 11 is 0. The first-order valence-electron chi connectivity index (χ1n) is 11.2. The van der Waals surface area contributed by atoms with Gasteiger partial charge in [0, 0.05) is 6.92 Å². The molecule has 0 bridgehead atoms. The highest BCUT2D eigenvalue weighted by Crippen LogP contribution is 2.34. The molecule has 3 aromatic carbocycles. The zero-order valence-corrected chi connectivity index (χ0v) is 19.2. The molecule has 0 aliphatic carbocycles. The Hall–Kier alpha value is -4.17. The zero-order valence-electron chi connectivity index (χ0n) is 19.2. The first-order valence-corrected chi connectivity index (χ1v) is 11.2. The summed E-state index contributed by atoms with van der Waals surface area (Å²) in [5, 5.41) is 0. The minimum absolute atomic E-state index is 0.0285. The van der Waals surface area contributed by atoms with Crippen molar-refractivity contribution in [1.29, 1.82) is 0 Å². The topological polar surface area (TPSA) is 108 Å². The molecule has 1 unspecified atom stereocenters. The van der Waals surface area contributed by atoms with Crippen LogP contribution in [0.15, 0.2) is 84.9 Å². The molecule has 1 heterocycles. The Morgan fingerprint density at radius 1 is 0.886 bits per heavy atom. The Morgan fingerprint density at radius 3 is 2.03 bits per heavy atom. The van der Waals surface area contributed by atoms with Crippen molar-refractivity contribution in [1.82, 2.24) is 4.90 Å². The van der Waals surface area contributed by atoms with E-state index in [2.05, 4.69) is 0 Å². The van der Waals surface area contributed by atoms with Crippen LogP contribution in [-0.2, 0) is 37.1 Å². The maximum Gasteiger partial charge on any atom is 0.334 e. The molecule has 4 rings (SSSR count). The molecule has 2 N–H and O–H groups in total. The summed E-state index contributed by atoms with van der Waals surface area (Å²) in [7, 11) is 0. The number of ether oxygens (including phenoxy) is 3. The third kappa shape index (κ3) is 5.67. The standard InChI is InChI=1S/C27H26N2O6/c1-18(30)35-26-23(28)25(31)29(26)24(27(32)34-17-20-10-6-3-7-11-20)21-12-14-22(15-13-21)33-16-19-8-4-2-5-9-19/h2-15,23-24,26H,16-17,28H2,1H3/t23-,24?,26+/m1/s1. The number of nitrogens with two attached hydrogens (primary N) is 1. The van der Waals surface area contributed by atoms with Crippen molar-refractivity contribution >= 4 is 17.8 Å². The van der Waals surface area contributed by atoms with E-state index in [0.717, 1.165) is 16.0 Å². The highest BCUT2D eigenvalue weighted by atomic mass is 16.6. The maximum atomic E-state index is 13.2. The molecule has 1 aliphatic heterocycles. The summed E-state index contributed by atoms with van der Waals surface area (Å²) in [6.45, 7) is 1.63. The normalized spacial score (nSPS) is 17.8. The van der Waals surface area contributed by atoms with E-state index in [9.17, 15) is 14.4 Å². The van der Waals surface area contributed by atoms with Gasteiger partial charge in [0.1, 0.15) is 25.0 Å². The van der Waals surface area contributed by atoms with Gasteiger partial charge in [-0.15, -0.1) is 0 Å². The minimum atomic E-state index is -1.14. The van der Waals surface area contributed by atoms with Crippen LogP contribution in [0.1, 0.15) is 29.7 Å². The van der Waals surface area contributed by atoms with Gasteiger partial charge in [0.05, 0.1) is 0 Å². The molecule has 0 spiro atoms. The van der Waals surface area contributed by atoms with Crippen molar-refractivity contribution in [3.63, 3.8) is 0 Å². The number of carbonyl (C=O) groups excluding carboxylic acids is 3. The summed E-state index contributed by atoms with van der Waals surface area (Å²) in [6, 6.07) is 23.5. The molecule has 8 nitrogen and oxygen atoms in total. The number of esters is 2. The third-order valence-electron chi connectivity index (χ3n) is 5.58. The maximum absolute atomic E-state index is 13.2. The number of amides is 1. The van der Waals surface area contributed by atoms with Crippen LogP contribution in [0, 0.1) is 0 Å². The van der Waals surface area contributed by atoms with Gasteiger partial charge in [-0.2, -0.15) is 0 Å². The molecule has 1 amide bonds. The van der Waals surface area contributed by atoms with Gasteiger partial charge in [-0.1, -0.05) is 72.8 Å². The van der Waals surface area contributed by atoms with Crippen LogP contribution in [0.4, 0.5) is 0 Å². The zero-order chi connectivity index (χ0) is 24.8. The lowest BCUT2D eigenvalue weighted by Gasteiger charge is -2.47. The van der Waals surface area contributed by atoms with E-state index in [-0.39, 0.29) is 6.61 Å². The molecule has 35 heavy (non-hydrogen) atoms. The lowest BCUT2D eigenvalue weighted by Crippen LogP contribution is -2.71. The molecular formula is C27H26N2O6. The van der Waals surface area contributed by atoms with Gasteiger partial charge in [-0.25, -0.2) is 4.79 Å². The molecule has 1 fully saturated rings. The molecule has 0 aromatic heterocycles. The van der Waals surface area contributed by atoms with Crippen molar-refractivity contribution in [3.8, 4) is 5.75 Å². The van der Waals surface area contributed by atoms with Crippen molar-refractivity contribution in [2.75, 3.05) is 0 Å². The number of benzene rings is 3. The van der Waals surface area contributed by atoms with E-state index < -0.39 is 36.2 Å². The predicted octanol–water partition coefficient (Wildman–Crippen LogP) is 3.11. The predicted molar refractivity (Wildman–Crippen MR) is 127 cm³/mol. The Morgan fingerprint density at radius 2 is 1.46 bits per heavy atom. The van der Waals surface area contributed by atoms with Crippen LogP contribution < -0.4 is 10.5 Å². The van der Waals surface area contributed by atoms with Crippen molar-refractivity contribution in [2.45, 2.75) is 38.4 Å². The fraction of sp³-hybridized carbons (Fsp3) is 0.222. The third-order valence-corrected chi connectivity index (χ3v) is 5.58. The molecule has 0 radical (unpaired) electrons. The molecule has 1 saturated heterocycles. The number of hydrogen-bond donors (Lipinski definition) is 1. The number of nitrogens with zero attached hydrogens (tertiary/aromatic N) is 1. The molecule has 1 aliphatic rings. The monoisotopic (exact) mass is 474 g/mol. The van der Waals surface area contributed by atoms with Gasteiger partial charge >= 0.3 is 11.9 Å². The molecular weight excluding hydrogens is 448 g/mol. The summed E-state index contributed by atoms with van der Waals surface area (Å²) in [6.07, 6.45) is -1.07. The fourth-order valence-electron chi connectivity index (χ4n) is 3.79. The van der Waals surface area contributed by atoms with E-state index >= 15 is 0 Å². The Labute approximate surface area is 203 Å². The second-order valence-corrected chi connectivity index (χ2v) is 8.11. The Balaban J connectivity index is 1.54. The number of likely N-dealkylation sites (tertiary alicyclic amines) is 1. The first-order chi connectivity index (χ1) is 16.9. The number of hydrogen-bond acceptors (Lipinski definition) is 7. The van der Waals surface area contributed by atoms with Gasteiger partial charge in [0.2, 0.25) is 12.1 Å². The molecule has 3 aromatic rings. The summed E-state index contributed by atoms with van der Waals surface area (Å²) in [5.41, 5.74) is 8.16. The van der Waals surface area contributed by atoms with E-state index in [0.29, 0.717) is 17.9 Å². The Bertz CT molecular complexity index is 1170. The first kappa shape index (κ1) is 24.0. The Kier molecular flexibility index (Phi) is 7.42. The minimum Gasteiger partial charge on any atom is -0.489 e. The van der Waals surface area contributed by atoms with Crippen LogP contribution in [0.5, 0.6) is 5.75 Å². The largest absolute Gasteiger partial charge is 0.489 e. The SMILES string of the molecule is CC(=O)O[C@H]1[C@H](N)C(=O)N1C(C(=O)OCc1ccccc1)c1ccc(OCc2ccccc2)cc1. The van der Waals surface area contributed by atoms with E-state index in [4.69, 9.17) is 19.9 Å². The van der Waals surface area contributed by atoms with Gasteiger partial charge in [0.15, 0.2) is 6.04 Å². The molecule has 8 heteroatoms. The average molecular weight is 475 g/mol. The van der Waals surface area contributed by atoms with Gasteiger partial charge < -0.3 is 19.9 Å². The van der Waals surface area contributed by atoms with E-state index in [1.807, 2.05) is 60.7 Å². The van der Waals surface area contributed by atoms with Gasteiger partial charge in [-0.3, -0.25) is 14.5 Å². The van der Waals surface area contributed by atoms with E-state index in [1.54, 1.807) is 24.3 Å². The lowest BCUT2D eigenvalue weighted by molar-refractivity contribution is -0.199. The van der Waals surface area contributed by atoms with Crippen LogP contribution in [0.3, 0.4) is 0 Å². The average Bonchev–Trinajstić information content (AvgIpc) is 2.89. The van der Waals surface area contributed by atoms with Gasteiger partial charge in [0.25, 0.3) is 0 Å². The highest BCUT2D eigenvalue weighted by molar-refractivity contribution is 5.94. The second-order valence-electron chi connectivity index (χ2n) is 8.11. The second kappa shape index (κ2) is 10.8. The molecule has 0 saturated carbocycles. The molecule has 180 valence electrons. The van der Waals surface area contributed by atoms with Gasteiger partial charge in [-0.05, 0) is 28.8 Å². The van der Waals surface area contributed by atoms with Crippen LogP contribution >= 0.6 is 0 Å². The van der Waals surface area contributed by atoms with Crippen molar-refractivity contribution < 1.29 is 28.6 Å². The smallest absolute Gasteiger partial charge is 0.334 e. The van der Waals surface area contributed by atoms with Crippen molar-refractivity contribution in [3.05, 3.63) is 102 Å². The summed E-state index contributed by atoms with van der Waals surface area (Å²) < 4.78 is 16.6. The number of rotatable bonds is 9. The van der Waals surface area contributed by atoms with Crippen LogP contribution in [0.25, 0.3) is 0 Å². The van der Waals surface area contributed by atoms with Crippen LogP contribution in [0.2, 0.25) is 0 Å². The summed E-state index contributed by atoms with van der Waals surface area (Å²) in [5.74, 6) is -1.19. The number of β-lactam (4-membered cyclic amide) rings is 1. The fourth-order valence-corrected chi connectivity index (χ4v) is 3.79.